The fourth-order valence-electron chi connectivity index (χ4n) is 4.49. The van der Waals surface area contributed by atoms with Crippen molar-refractivity contribution in [2.24, 2.45) is 5.92 Å². The Hall–Kier alpha value is -2.09. The lowest BCUT2D eigenvalue weighted by molar-refractivity contribution is -0.119. The number of thiophene rings is 1. The predicted octanol–water partition coefficient (Wildman–Crippen LogP) is 6.63. The Morgan fingerprint density at radius 3 is 2.31 bits per heavy atom. The van der Waals surface area contributed by atoms with Gasteiger partial charge >= 0.3 is 12.1 Å². The molecule has 1 aromatic rings. The van der Waals surface area contributed by atoms with Crippen LogP contribution in [0.1, 0.15) is 114 Å². The van der Waals surface area contributed by atoms with Crippen molar-refractivity contribution >= 4 is 34.3 Å². The molecule has 0 bridgehead atoms. The number of carbonyl (C=O) groups excluding carboxylic acids is 3. The molecule has 2 N–H and O–H groups in total. The Kier molecular flexibility index (Phi) is 11.5. The Bertz CT molecular complexity index is 852. The Morgan fingerprint density at radius 2 is 1.74 bits per heavy atom. The highest BCUT2D eigenvalue weighted by atomic mass is 32.1. The maximum absolute atomic E-state index is 13.6. The van der Waals surface area contributed by atoms with Gasteiger partial charge in [0.25, 0.3) is 0 Å². The molecule has 0 spiro atoms. The highest BCUT2D eigenvalue weighted by Crippen LogP contribution is 2.36. The van der Waals surface area contributed by atoms with Crippen LogP contribution in [0.3, 0.4) is 0 Å². The summed E-state index contributed by atoms with van der Waals surface area (Å²) in [5.41, 5.74) is 0.773. The lowest BCUT2D eigenvalue weighted by Crippen LogP contribution is -2.50. The first-order valence-corrected chi connectivity index (χ1v) is 14.0. The van der Waals surface area contributed by atoms with Gasteiger partial charge < -0.3 is 20.1 Å². The number of rotatable bonds is 11. The van der Waals surface area contributed by atoms with E-state index < -0.39 is 17.7 Å². The number of carbonyl (C=O) groups is 3. The van der Waals surface area contributed by atoms with Crippen molar-refractivity contribution < 1.29 is 23.9 Å². The molecular weight excluding hydrogens is 464 g/mol. The Balaban J connectivity index is 2.34. The monoisotopic (exact) mass is 508 g/mol. The van der Waals surface area contributed by atoms with Crippen molar-refractivity contribution in [1.29, 1.82) is 0 Å². The Labute approximate surface area is 214 Å². The van der Waals surface area contributed by atoms with Crippen molar-refractivity contribution in [3.05, 3.63) is 16.0 Å². The zero-order valence-electron chi connectivity index (χ0n) is 22.4. The van der Waals surface area contributed by atoms with Gasteiger partial charge in [-0.3, -0.25) is 4.79 Å². The standard InChI is InChI=1S/C27H44N2O5S/c1-7-10-17-33-25(31)21-19(14-8-2)20(9-3)35-24(21)29-23(30)22(18-15-12-11-13-16-18)28-26(32)34-27(4,5)6/h18,22H,7-17H2,1-6H3,(H,28,32)(H,29,30). The normalized spacial score (nSPS) is 15.4. The Morgan fingerprint density at radius 1 is 1.06 bits per heavy atom. The molecule has 2 amide bonds. The number of unbranched alkanes of at least 4 members (excludes halogenated alkanes) is 1. The smallest absolute Gasteiger partial charge is 0.408 e. The first-order valence-electron chi connectivity index (χ1n) is 13.2. The zero-order valence-corrected chi connectivity index (χ0v) is 23.2. The molecule has 1 saturated carbocycles. The lowest BCUT2D eigenvalue weighted by atomic mass is 9.83. The fraction of sp³-hybridized carbons (Fsp3) is 0.741. The van der Waals surface area contributed by atoms with Gasteiger partial charge in [0.1, 0.15) is 16.6 Å². The summed E-state index contributed by atoms with van der Waals surface area (Å²) < 4.78 is 11.0. The molecule has 1 aromatic heterocycles. The predicted molar refractivity (Wildman–Crippen MR) is 141 cm³/mol. The molecule has 0 saturated heterocycles. The first kappa shape index (κ1) is 29.1. The van der Waals surface area contributed by atoms with Gasteiger partial charge in [-0.2, -0.15) is 0 Å². The number of ether oxygens (including phenoxy) is 2. The van der Waals surface area contributed by atoms with Crippen LogP contribution in [0.5, 0.6) is 0 Å². The molecule has 0 aliphatic heterocycles. The van der Waals surface area contributed by atoms with Crippen LogP contribution in [0.2, 0.25) is 0 Å². The minimum atomic E-state index is -0.726. The summed E-state index contributed by atoms with van der Waals surface area (Å²) in [6.07, 6.45) is 8.45. The van der Waals surface area contributed by atoms with E-state index in [9.17, 15) is 14.4 Å². The van der Waals surface area contributed by atoms with E-state index in [4.69, 9.17) is 9.47 Å². The molecule has 2 rings (SSSR count). The van der Waals surface area contributed by atoms with Gasteiger partial charge in [-0.1, -0.05) is 52.9 Å². The highest BCUT2D eigenvalue weighted by Gasteiger charge is 2.34. The summed E-state index contributed by atoms with van der Waals surface area (Å²) >= 11 is 1.44. The number of aryl methyl sites for hydroxylation is 1. The molecule has 198 valence electrons. The minimum absolute atomic E-state index is 0.0249. The number of hydrogen-bond donors (Lipinski definition) is 2. The SMILES string of the molecule is CCCCOC(=O)c1c(NC(=O)C(NC(=O)OC(C)(C)C)C2CCCCC2)sc(CC)c1CCC. The van der Waals surface area contributed by atoms with E-state index in [-0.39, 0.29) is 17.8 Å². The first-order chi connectivity index (χ1) is 16.6. The number of hydrogen-bond acceptors (Lipinski definition) is 6. The molecule has 1 fully saturated rings. The van der Waals surface area contributed by atoms with Crippen LogP contribution in [0.25, 0.3) is 0 Å². The quantitative estimate of drug-likeness (QED) is 0.258. The van der Waals surface area contributed by atoms with Gasteiger partial charge in [0.05, 0.1) is 12.2 Å². The highest BCUT2D eigenvalue weighted by molar-refractivity contribution is 7.17. The molecular formula is C27H44N2O5S. The second kappa shape index (κ2) is 13.9. The maximum Gasteiger partial charge on any atom is 0.408 e. The van der Waals surface area contributed by atoms with E-state index in [1.54, 1.807) is 20.8 Å². The van der Waals surface area contributed by atoms with Gasteiger partial charge in [-0.15, -0.1) is 11.3 Å². The summed E-state index contributed by atoms with van der Waals surface area (Å²) in [7, 11) is 0. The number of alkyl carbamates (subject to hydrolysis) is 1. The van der Waals surface area contributed by atoms with E-state index in [1.165, 1.54) is 11.3 Å². The molecule has 1 unspecified atom stereocenters. The van der Waals surface area contributed by atoms with Gasteiger partial charge in [0, 0.05) is 4.88 Å². The average molecular weight is 509 g/mol. The van der Waals surface area contributed by atoms with Crippen LogP contribution in [0.15, 0.2) is 0 Å². The van der Waals surface area contributed by atoms with E-state index >= 15 is 0 Å². The minimum Gasteiger partial charge on any atom is -0.462 e. The van der Waals surface area contributed by atoms with Crippen molar-refractivity contribution in [2.45, 2.75) is 117 Å². The van der Waals surface area contributed by atoms with Crippen LogP contribution < -0.4 is 10.6 Å². The van der Waals surface area contributed by atoms with E-state index in [2.05, 4.69) is 24.5 Å². The number of amides is 2. The molecule has 1 aliphatic rings. The third kappa shape index (κ3) is 8.81. The molecule has 8 heteroatoms. The van der Waals surface area contributed by atoms with E-state index in [0.29, 0.717) is 17.2 Å². The number of esters is 1. The van der Waals surface area contributed by atoms with Crippen molar-refractivity contribution in [3.8, 4) is 0 Å². The lowest BCUT2D eigenvalue weighted by Gasteiger charge is -2.31. The molecule has 1 atom stereocenters. The third-order valence-corrected chi connectivity index (χ3v) is 7.45. The summed E-state index contributed by atoms with van der Waals surface area (Å²) in [4.78, 5) is 40.4. The van der Waals surface area contributed by atoms with Crippen LogP contribution in [0, 0.1) is 5.92 Å². The molecule has 0 radical (unpaired) electrons. The molecule has 0 aromatic carbocycles. The molecule has 35 heavy (non-hydrogen) atoms. The fourth-order valence-corrected chi connectivity index (χ4v) is 5.66. The van der Waals surface area contributed by atoms with Gasteiger partial charge in [-0.25, -0.2) is 9.59 Å². The van der Waals surface area contributed by atoms with E-state index in [1.807, 2.05) is 6.92 Å². The third-order valence-electron chi connectivity index (χ3n) is 6.16. The van der Waals surface area contributed by atoms with Crippen molar-refractivity contribution in [3.63, 3.8) is 0 Å². The largest absolute Gasteiger partial charge is 0.462 e. The molecule has 7 nitrogen and oxygen atoms in total. The summed E-state index contributed by atoms with van der Waals surface area (Å²) in [5, 5.41) is 6.36. The van der Waals surface area contributed by atoms with Crippen LogP contribution in [-0.4, -0.2) is 36.2 Å². The maximum atomic E-state index is 13.6. The zero-order chi connectivity index (χ0) is 26.0. The second-order valence-corrected chi connectivity index (χ2v) is 11.4. The molecule has 1 aliphatic carbocycles. The number of anilines is 1. The van der Waals surface area contributed by atoms with Gasteiger partial charge in [0.2, 0.25) is 5.91 Å². The molecule has 1 heterocycles. The van der Waals surface area contributed by atoms with Crippen molar-refractivity contribution in [1.82, 2.24) is 5.32 Å². The van der Waals surface area contributed by atoms with Gasteiger partial charge in [0.15, 0.2) is 0 Å². The summed E-state index contributed by atoms with van der Waals surface area (Å²) in [6.45, 7) is 11.9. The summed E-state index contributed by atoms with van der Waals surface area (Å²) in [6, 6.07) is -0.726. The van der Waals surface area contributed by atoms with Crippen LogP contribution in [0.4, 0.5) is 9.80 Å². The van der Waals surface area contributed by atoms with E-state index in [0.717, 1.165) is 74.6 Å². The van der Waals surface area contributed by atoms with Gasteiger partial charge in [-0.05, 0) is 64.4 Å². The second-order valence-electron chi connectivity index (χ2n) is 10.3. The average Bonchev–Trinajstić information content (AvgIpc) is 3.14. The summed E-state index contributed by atoms with van der Waals surface area (Å²) in [5.74, 6) is -0.670. The number of nitrogens with one attached hydrogen (secondary N) is 2. The van der Waals surface area contributed by atoms with Crippen LogP contribution in [-0.2, 0) is 27.1 Å². The topological polar surface area (TPSA) is 93.7 Å². The van der Waals surface area contributed by atoms with Crippen LogP contribution >= 0.6 is 11.3 Å². The van der Waals surface area contributed by atoms with Crippen molar-refractivity contribution in [2.75, 3.05) is 11.9 Å².